The maximum absolute atomic E-state index is 12.3. The van der Waals surface area contributed by atoms with Gasteiger partial charge in [-0.2, -0.15) is 0 Å². The predicted octanol–water partition coefficient (Wildman–Crippen LogP) is 2.83. The van der Waals surface area contributed by atoms with E-state index in [4.69, 9.17) is 11.6 Å². The fraction of sp³-hybridized carbons (Fsp3) is 0.235. The highest BCUT2D eigenvalue weighted by atomic mass is 35.5. The maximum Gasteiger partial charge on any atom is 0.251 e. The van der Waals surface area contributed by atoms with Crippen LogP contribution in [0.3, 0.4) is 0 Å². The van der Waals surface area contributed by atoms with Crippen molar-refractivity contribution < 1.29 is 13.2 Å². The Morgan fingerprint density at radius 3 is 2.46 bits per heavy atom. The quantitative estimate of drug-likeness (QED) is 0.884. The van der Waals surface area contributed by atoms with Crippen molar-refractivity contribution in [3.63, 3.8) is 0 Å². The lowest BCUT2D eigenvalue weighted by molar-refractivity contribution is 0.0950. The molecule has 0 fully saturated rings. The summed E-state index contributed by atoms with van der Waals surface area (Å²) in [7, 11) is -0.889. The molecular formula is C17H19ClN2O3S. The first-order chi connectivity index (χ1) is 11.2. The van der Waals surface area contributed by atoms with Gasteiger partial charge in [-0.1, -0.05) is 35.9 Å². The van der Waals surface area contributed by atoms with E-state index in [1.165, 1.54) is 32.3 Å². The van der Waals surface area contributed by atoms with Crippen LogP contribution in [0.1, 0.15) is 21.5 Å². The van der Waals surface area contributed by atoms with Crippen LogP contribution in [0.4, 0.5) is 0 Å². The van der Waals surface area contributed by atoms with Gasteiger partial charge in [-0.25, -0.2) is 12.7 Å². The molecule has 7 heteroatoms. The summed E-state index contributed by atoms with van der Waals surface area (Å²) >= 11 is 5.99. The summed E-state index contributed by atoms with van der Waals surface area (Å²) < 4.78 is 25.6. The van der Waals surface area contributed by atoms with E-state index in [0.717, 1.165) is 15.4 Å². The van der Waals surface area contributed by atoms with Crippen molar-refractivity contribution in [1.82, 2.24) is 9.62 Å². The molecule has 5 nitrogen and oxygen atoms in total. The number of nitrogens with one attached hydrogen (secondary N) is 1. The molecule has 1 amide bonds. The first-order valence-corrected chi connectivity index (χ1v) is 9.10. The Labute approximate surface area is 147 Å². The number of rotatable bonds is 5. The second-order valence-electron chi connectivity index (χ2n) is 5.54. The third kappa shape index (κ3) is 3.95. The van der Waals surface area contributed by atoms with Crippen molar-refractivity contribution in [2.75, 3.05) is 14.1 Å². The van der Waals surface area contributed by atoms with Crippen LogP contribution in [-0.4, -0.2) is 32.7 Å². The molecule has 2 aromatic rings. The molecule has 0 atom stereocenters. The summed E-state index contributed by atoms with van der Waals surface area (Å²) in [6.45, 7) is 2.33. The van der Waals surface area contributed by atoms with Gasteiger partial charge in [0.25, 0.3) is 5.91 Å². The minimum Gasteiger partial charge on any atom is -0.348 e. The van der Waals surface area contributed by atoms with Crippen LogP contribution >= 0.6 is 11.6 Å². The molecule has 0 bridgehead atoms. The molecule has 0 spiro atoms. The second kappa shape index (κ2) is 7.34. The third-order valence-electron chi connectivity index (χ3n) is 3.65. The van der Waals surface area contributed by atoms with Crippen LogP contribution in [0.15, 0.2) is 47.4 Å². The number of carbonyl (C=O) groups is 1. The van der Waals surface area contributed by atoms with Gasteiger partial charge in [-0.05, 0) is 36.2 Å². The number of aryl methyl sites for hydroxylation is 1. The van der Waals surface area contributed by atoms with E-state index in [0.29, 0.717) is 6.54 Å². The molecule has 0 unspecified atom stereocenters. The number of halogens is 1. The number of sulfonamides is 1. The standard InChI is InChI=1S/C17H19ClN2O3S/c1-12-6-4-5-7-14(12)11-19-17(21)13-8-9-15(18)16(10-13)24(22,23)20(2)3/h4-10H,11H2,1-3H3,(H,19,21). The average Bonchev–Trinajstić information content (AvgIpc) is 2.54. The molecule has 0 radical (unpaired) electrons. The van der Waals surface area contributed by atoms with Crippen molar-refractivity contribution in [3.8, 4) is 0 Å². The third-order valence-corrected chi connectivity index (χ3v) is 5.95. The van der Waals surface area contributed by atoms with Gasteiger partial charge in [0.2, 0.25) is 10.0 Å². The zero-order valence-corrected chi connectivity index (χ0v) is 15.3. The lowest BCUT2D eigenvalue weighted by Gasteiger charge is -2.14. The summed E-state index contributed by atoms with van der Waals surface area (Å²) in [5.41, 5.74) is 2.32. The monoisotopic (exact) mass is 366 g/mol. The van der Waals surface area contributed by atoms with Crippen LogP contribution in [0, 0.1) is 6.92 Å². The summed E-state index contributed by atoms with van der Waals surface area (Å²) in [6, 6.07) is 11.9. The van der Waals surface area contributed by atoms with Gasteiger partial charge in [0.15, 0.2) is 0 Å². The zero-order chi connectivity index (χ0) is 17.9. The van der Waals surface area contributed by atoms with Gasteiger partial charge in [0, 0.05) is 26.2 Å². The van der Waals surface area contributed by atoms with Crippen molar-refractivity contribution in [3.05, 3.63) is 64.2 Å². The number of benzene rings is 2. The molecule has 128 valence electrons. The molecule has 24 heavy (non-hydrogen) atoms. The minimum absolute atomic E-state index is 0.0825. The van der Waals surface area contributed by atoms with Crippen LogP contribution in [-0.2, 0) is 16.6 Å². The normalized spacial score (nSPS) is 11.5. The molecule has 0 saturated heterocycles. The van der Waals surface area contributed by atoms with Gasteiger partial charge in [-0.15, -0.1) is 0 Å². The van der Waals surface area contributed by atoms with Crippen LogP contribution in [0.2, 0.25) is 5.02 Å². The fourth-order valence-electron chi connectivity index (χ4n) is 2.12. The number of carbonyl (C=O) groups excluding carboxylic acids is 1. The first kappa shape index (κ1) is 18.4. The second-order valence-corrected chi connectivity index (χ2v) is 8.07. The van der Waals surface area contributed by atoms with E-state index in [-0.39, 0.29) is 21.4 Å². The van der Waals surface area contributed by atoms with Crippen LogP contribution in [0.25, 0.3) is 0 Å². The predicted molar refractivity (Wildman–Crippen MR) is 94.7 cm³/mol. The molecule has 0 aliphatic heterocycles. The van der Waals surface area contributed by atoms with Crippen molar-refractivity contribution in [1.29, 1.82) is 0 Å². The molecule has 0 saturated carbocycles. The number of hydrogen-bond acceptors (Lipinski definition) is 3. The Balaban J connectivity index is 2.23. The molecule has 0 aliphatic rings. The zero-order valence-electron chi connectivity index (χ0n) is 13.7. The summed E-state index contributed by atoms with van der Waals surface area (Å²) in [5, 5.41) is 2.88. The van der Waals surface area contributed by atoms with E-state index in [9.17, 15) is 13.2 Å². The maximum atomic E-state index is 12.3. The fourth-order valence-corrected chi connectivity index (χ4v) is 3.52. The minimum atomic E-state index is -3.72. The number of hydrogen-bond donors (Lipinski definition) is 1. The molecule has 0 heterocycles. The van der Waals surface area contributed by atoms with Crippen molar-refractivity contribution >= 4 is 27.5 Å². The van der Waals surface area contributed by atoms with E-state index in [1.54, 1.807) is 0 Å². The van der Waals surface area contributed by atoms with Crippen LogP contribution in [0.5, 0.6) is 0 Å². The highest BCUT2D eigenvalue weighted by Crippen LogP contribution is 2.24. The van der Waals surface area contributed by atoms with E-state index in [1.807, 2.05) is 31.2 Å². The number of amides is 1. The number of nitrogens with zero attached hydrogens (tertiary/aromatic N) is 1. The topological polar surface area (TPSA) is 66.5 Å². The Hall–Kier alpha value is -1.89. The van der Waals surface area contributed by atoms with Gasteiger partial charge >= 0.3 is 0 Å². The highest BCUT2D eigenvalue weighted by Gasteiger charge is 2.22. The smallest absolute Gasteiger partial charge is 0.251 e. The average molecular weight is 367 g/mol. The summed E-state index contributed by atoms with van der Waals surface area (Å²) in [4.78, 5) is 12.2. The van der Waals surface area contributed by atoms with Gasteiger partial charge in [0.05, 0.1) is 5.02 Å². The Bertz CT molecular complexity index is 864. The van der Waals surface area contributed by atoms with E-state index >= 15 is 0 Å². The van der Waals surface area contributed by atoms with Gasteiger partial charge in [-0.3, -0.25) is 4.79 Å². The first-order valence-electron chi connectivity index (χ1n) is 7.28. The molecule has 0 aromatic heterocycles. The lowest BCUT2D eigenvalue weighted by Crippen LogP contribution is -2.25. The van der Waals surface area contributed by atoms with E-state index in [2.05, 4.69) is 5.32 Å². The van der Waals surface area contributed by atoms with Crippen molar-refractivity contribution in [2.45, 2.75) is 18.4 Å². The Morgan fingerprint density at radius 2 is 1.83 bits per heavy atom. The molecule has 0 aliphatic carbocycles. The molecule has 2 aromatic carbocycles. The van der Waals surface area contributed by atoms with Gasteiger partial charge in [0.1, 0.15) is 4.90 Å². The Kier molecular flexibility index (Phi) is 5.64. The van der Waals surface area contributed by atoms with Crippen molar-refractivity contribution in [2.24, 2.45) is 0 Å². The van der Waals surface area contributed by atoms with Gasteiger partial charge < -0.3 is 5.32 Å². The lowest BCUT2D eigenvalue weighted by atomic mass is 10.1. The molecule has 1 N–H and O–H groups in total. The SMILES string of the molecule is Cc1ccccc1CNC(=O)c1ccc(Cl)c(S(=O)(=O)N(C)C)c1. The summed E-state index contributed by atoms with van der Waals surface area (Å²) in [5.74, 6) is -0.356. The highest BCUT2D eigenvalue weighted by molar-refractivity contribution is 7.89. The van der Waals surface area contributed by atoms with E-state index < -0.39 is 10.0 Å². The molecular weight excluding hydrogens is 348 g/mol. The Morgan fingerprint density at radius 1 is 1.17 bits per heavy atom. The summed E-state index contributed by atoms with van der Waals surface area (Å²) in [6.07, 6.45) is 0. The molecule has 2 rings (SSSR count). The van der Waals surface area contributed by atoms with Crippen LogP contribution < -0.4 is 5.32 Å². The largest absolute Gasteiger partial charge is 0.348 e.